The summed E-state index contributed by atoms with van der Waals surface area (Å²) in [5.41, 5.74) is 2.11. The van der Waals surface area contributed by atoms with Crippen LogP contribution in [0.15, 0.2) is 48.5 Å². The van der Waals surface area contributed by atoms with E-state index in [9.17, 15) is 10.2 Å². The molecule has 5 heteroatoms. The minimum absolute atomic E-state index is 0.0480. The molecule has 0 spiro atoms. The molecule has 140 valence electrons. The van der Waals surface area contributed by atoms with Gasteiger partial charge < -0.3 is 14.9 Å². The lowest BCUT2D eigenvalue weighted by Gasteiger charge is -2.25. The first kappa shape index (κ1) is 19.2. The van der Waals surface area contributed by atoms with Crippen molar-refractivity contribution in [1.82, 2.24) is 4.90 Å². The molecule has 0 unspecified atom stereocenters. The first-order valence-electron chi connectivity index (χ1n) is 9.13. The first-order valence-corrected chi connectivity index (χ1v) is 9.51. The third-order valence-corrected chi connectivity index (χ3v) is 5.25. The largest absolute Gasteiger partial charge is 0.493 e. The van der Waals surface area contributed by atoms with Crippen LogP contribution in [-0.4, -0.2) is 47.0 Å². The molecule has 0 radical (unpaired) electrons. The molecule has 3 atom stereocenters. The highest BCUT2D eigenvalue weighted by Crippen LogP contribution is 2.34. The van der Waals surface area contributed by atoms with Gasteiger partial charge in [-0.2, -0.15) is 0 Å². The van der Waals surface area contributed by atoms with Crippen LogP contribution in [0.4, 0.5) is 0 Å². The van der Waals surface area contributed by atoms with Gasteiger partial charge in [-0.05, 0) is 30.2 Å². The van der Waals surface area contributed by atoms with Gasteiger partial charge in [0, 0.05) is 29.6 Å². The molecular formula is C21H26ClNO3. The molecule has 1 aliphatic rings. The standard InChI is InChI=1S/C21H26ClNO3/c1-2-11-26-20-6-4-3-5-16(20)12-23-13-18(21(25)19(23)14-24)15-7-9-17(22)10-8-15/h3-10,18-19,21,24-25H,2,11-14H2,1H3/t18-,19-,21-/m1/s1. The van der Waals surface area contributed by atoms with Crippen LogP contribution in [0.5, 0.6) is 5.75 Å². The predicted octanol–water partition coefficient (Wildman–Crippen LogP) is 3.45. The average Bonchev–Trinajstić information content (AvgIpc) is 2.97. The fourth-order valence-electron chi connectivity index (χ4n) is 3.60. The number of aliphatic hydroxyl groups excluding tert-OH is 2. The molecule has 0 bridgehead atoms. The van der Waals surface area contributed by atoms with Crippen LogP contribution in [0.2, 0.25) is 5.02 Å². The third kappa shape index (κ3) is 4.21. The van der Waals surface area contributed by atoms with Crippen molar-refractivity contribution < 1.29 is 14.9 Å². The Balaban J connectivity index is 1.78. The maximum atomic E-state index is 10.8. The summed E-state index contributed by atoms with van der Waals surface area (Å²) in [4.78, 5) is 2.14. The van der Waals surface area contributed by atoms with Crippen molar-refractivity contribution >= 4 is 11.6 Å². The molecular weight excluding hydrogens is 350 g/mol. The van der Waals surface area contributed by atoms with Gasteiger partial charge in [0.05, 0.1) is 25.4 Å². The van der Waals surface area contributed by atoms with Gasteiger partial charge in [-0.15, -0.1) is 0 Å². The summed E-state index contributed by atoms with van der Waals surface area (Å²) in [5, 5.41) is 21.3. The molecule has 2 aromatic carbocycles. The second kappa shape index (κ2) is 8.87. The Morgan fingerprint density at radius 1 is 1.15 bits per heavy atom. The van der Waals surface area contributed by atoms with E-state index in [1.54, 1.807) is 0 Å². The molecule has 2 N–H and O–H groups in total. The van der Waals surface area contributed by atoms with Crippen LogP contribution in [0.25, 0.3) is 0 Å². The van der Waals surface area contributed by atoms with Crippen LogP contribution < -0.4 is 4.74 Å². The number of hydrogen-bond donors (Lipinski definition) is 2. The zero-order valence-corrected chi connectivity index (χ0v) is 15.8. The highest BCUT2D eigenvalue weighted by atomic mass is 35.5. The average molecular weight is 376 g/mol. The number of para-hydroxylation sites is 1. The summed E-state index contributed by atoms with van der Waals surface area (Å²) in [6.45, 7) is 3.99. The fraction of sp³-hybridized carbons (Fsp3) is 0.429. The van der Waals surface area contributed by atoms with Crippen molar-refractivity contribution in [2.75, 3.05) is 19.8 Å². The Labute approximate surface area is 160 Å². The molecule has 1 aliphatic heterocycles. The summed E-state index contributed by atoms with van der Waals surface area (Å²) in [6, 6.07) is 15.3. The van der Waals surface area contributed by atoms with E-state index in [2.05, 4.69) is 11.8 Å². The fourth-order valence-corrected chi connectivity index (χ4v) is 3.73. The highest BCUT2D eigenvalue weighted by Gasteiger charge is 2.41. The van der Waals surface area contributed by atoms with Gasteiger partial charge in [-0.3, -0.25) is 4.90 Å². The Hall–Kier alpha value is -1.59. The van der Waals surface area contributed by atoms with Crippen LogP contribution in [0.1, 0.15) is 30.4 Å². The second-order valence-corrected chi connectivity index (χ2v) is 7.22. The maximum Gasteiger partial charge on any atom is 0.123 e. The molecule has 26 heavy (non-hydrogen) atoms. The van der Waals surface area contributed by atoms with E-state index >= 15 is 0 Å². The zero-order valence-electron chi connectivity index (χ0n) is 15.0. The Kier molecular flexibility index (Phi) is 6.54. The summed E-state index contributed by atoms with van der Waals surface area (Å²) < 4.78 is 5.85. The maximum absolute atomic E-state index is 10.8. The number of likely N-dealkylation sites (tertiary alicyclic amines) is 1. The van der Waals surface area contributed by atoms with Crippen LogP contribution in [0, 0.1) is 0 Å². The van der Waals surface area contributed by atoms with E-state index < -0.39 is 6.10 Å². The lowest BCUT2D eigenvalue weighted by molar-refractivity contribution is 0.0637. The van der Waals surface area contributed by atoms with Crippen molar-refractivity contribution in [3.8, 4) is 5.75 Å². The van der Waals surface area contributed by atoms with Gasteiger partial charge in [0.1, 0.15) is 5.75 Å². The lowest BCUT2D eigenvalue weighted by Crippen LogP contribution is -2.38. The zero-order chi connectivity index (χ0) is 18.5. The summed E-state index contributed by atoms with van der Waals surface area (Å²) >= 11 is 5.98. The minimum atomic E-state index is -0.620. The number of nitrogens with zero attached hydrogens (tertiary/aromatic N) is 1. The Morgan fingerprint density at radius 3 is 2.58 bits per heavy atom. The predicted molar refractivity (Wildman–Crippen MR) is 104 cm³/mol. The van der Waals surface area contributed by atoms with E-state index in [1.807, 2.05) is 48.5 Å². The Morgan fingerprint density at radius 2 is 1.88 bits per heavy atom. The van der Waals surface area contributed by atoms with Gasteiger partial charge in [0.2, 0.25) is 0 Å². The van der Waals surface area contributed by atoms with Crippen molar-refractivity contribution in [3.05, 3.63) is 64.7 Å². The van der Waals surface area contributed by atoms with Crippen molar-refractivity contribution in [1.29, 1.82) is 0 Å². The van der Waals surface area contributed by atoms with E-state index in [0.29, 0.717) is 24.7 Å². The molecule has 0 aliphatic carbocycles. The van der Waals surface area contributed by atoms with E-state index in [-0.39, 0.29) is 18.6 Å². The quantitative estimate of drug-likeness (QED) is 0.778. The van der Waals surface area contributed by atoms with Crippen molar-refractivity contribution in [2.45, 2.75) is 38.0 Å². The molecule has 1 heterocycles. The molecule has 0 amide bonds. The number of halogens is 1. The number of aliphatic hydroxyl groups is 2. The number of ether oxygens (including phenoxy) is 1. The minimum Gasteiger partial charge on any atom is -0.493 e. The number of hydrogen-bond acceptors (Lipinski definition) is 4. The highest BCUT2D eigenvalue weighted by molar-refractivity contribution is 6.30. The van der Waals surface area contributed by atoms with E-state index in [1.165, 1.54) is 0 Å². The molecule has 0 saturated carbocycles. The smallest absolute Gasteiger partial charge is 0.123 e. The molecule has 0 aromatic heterocycles. The second-order valence-electron chi connectivity index (χ2n) is 6.78. The van der Waals surface area contributed by atoms with Crippen LogP contribution in [0.3, 0.4) is 0 Å². The normalized spacial score (nSPS) is 23.3. The molecule has 2 aromatic rings. The third-order valence-electron chi connectivity index (χ3n) is 5.00. The lowest BCUT2D eigenvalue weighted by atomic mass is 9.94. The van der Waals surface area contributed by atoms with Gasteiger partial charge in [0.25, 0.3) is 0 Å². The molecule has 3 rings (SSSR count). The Bertz CT molecular complexity index is 707. The van der Waals surface area contributed by atoms with Gasteiger partial charge in [-0.25, -0.2) is 0 Å². The SMILES string of the molecule is CCCOc1ccccc1CN1C[C@H](c2ccc(Cl)cc2)[C@@H](O)[C@H]1CO. The molecule has 1 saturated heterocycles. The van der Waals surface area contributed by atoms with E-state index in [4.69, 9.17) is 16.3 Å². The number of rotatable bonds is 7. The van der Waals surface area contributed by atoms with Gasteiger partial charge in [0.15, 0.2) is 0 Å². The van der Waals surface area contributed by atoms with Crippen molar-refractivity contribution in [2.24, 2.45) is 0 Å². The van der Waals surface area contributed by atoms with Gasteiger partial charge in [-0.1, -0.05) is 48.9 Å². The van der Waals surface area contributed by atoms with Crippen LogP contribution >= 0.6 is 11.6 Å². The topological polar surface area (TPSA) is 52.9 Å². The molecule has 4 nitrogen and oxygen atoms in total. The summed E-state index contributed by atoms with van der Waals surface area (Å²) in [6.07, 6.45) is 0.333. The summed E-state index contributed by atoms with van der Waals surface area (Å²) in [7, 11) is 0. The first-order chi connectivity index (χ1) is 12.6. The van der Waals surface area contributed by atoms with Crippen molar-refractivity contribution in [3.63, 3.8) is 0 Å². The molecule has 1 fully saturated rings. The van der Waals surface area contributed by atoms with Gasteiger partial charge >= 0.3 is 0 Å². The summed E-state index contributed by atoms with van der Waals surface area (Å²) in [5.74, 6) is 0.823. The number of benzene rings is 2. The monoisotopic (exact) mass is 375 g/mol. The van der Waals surface area contributed by atoms with E-state index in [0.717, 1.165) is 23.3 Å². The van der Waals surface area contributed by atoms with Crippen LogP contribution in [-0.2, 0) is 6.54 Å².